The van der Waals surface area contributed by atoms with Gasteiger partial charge in [-0.05, 0) is 37.3 Å². The van der Waals surface area contributed by atoms with E-state index in [0.29, 0.717) is 24.3 Å². The van der Waals surface area contributed by atoms with Crippen LogP contribution in [0.4, 0.5) is 11.4 Å². The maximum Gasteiger partial charge on any atom is 0.293 e. The van der Waals surface area contributed by atoms with Crippen molar-refractivity contribution < 1.29 is 9.72 Å². The highest BCUT2D eigenvalue weighted by Gasteiger charge is 2.32. The van der Waals surface area contributed by atoms with Gasteiger partial charge in [0.15, 0.2) is 0 Å². The highest BCUT2D eigenvalue weighted by Crippen LogP contribution is 2.40. The molecule has 0 bridgehead atoms. The number of hydrogen-bond acceptors (Lipinski definition) is 4. The van der Waals surface area contributed by atoms with Gasteiger partial charge in [-0.2, -0.15) is 0 Å². The van der Waals surface area contributed by atoms with Gasteiger partial charge in [-0.25, -0.2) is 0 Å². The van der Waals surface area contributed by atoms with Crippen molar-refractivity contribution in [3.05, 3.63) is 33.9 Å². The van der Waals surface area contributed by atoms with E-state index in [2.05, 4.69) is 17.6 Å². The summed E-state index contributed by atoms with van der Waals surface area (Å²) in [6.45, 7) is 5.19. The largest absolute Gasteiger partial charge is 0.379 e. The number of nitrogens with zero attached hydrogens (tertiary/aromatic N) is 1. The smallest absolute Gasteiger partial charge is 0.293 e. The van der Waals surface area contributed by atoms with Crippen molar-refractivity contribution in [2.75, 3.05) is 18.4 Å². The Morgan fingerprint density at radius 2 is 2.14 bits per heavy atom. The molecule has 1 fully saturated rings. The van der Waals surface area contributed by atoms with Crippen LogP contribution in [0, 0.1) is 15.5 Å². The molecule has 1 aromatic carbocycles. The van der Waals surface area contributed by atoms with Crippen LogP contribution in [0.3, 0.4) is 0 Å². The van der Waals surface area contributed by atoms with Crippen LogP contribution in [0.15, 0.2) is 18.2 Å². The maximum absolute atomic E-state index is 11.7. The molecule has 2 N–H and O–H groups in total. The molecule has 6 heteroatoms. The van der Waals surface area contributed by atoms with Crippen LogP contribution in [0.5, 0.6) is 0 Å². The van der Waals surface area contributed by atoms with Crippen molar-refractivity contribution in [1.29, 1.82) is 0 Å². The molecular weight excluding hydrogens is 270 g/mol. The van der Waals surface area contributed by atoms with E-state index in [1.165, 1.54) is 12.5 Å². The molecule has 1 aliphatic rings. The number of nitro groups is 1. The lowest BCUT2D eigenvalue weighted by molar-refractivity contribution is -0.384. The van der Waals surface area contributed by atoms with E-state index in [1.807, 2.05) is 6.92 Å². The first-order valence-corrected chi connectivity index (χ1v) is 7.26. The predicted octanol–water partition coefficient (Wildman–Crippen LogP) is 2.95. The summed E-state index contributed by atoms with van der Waals surface area (Å²) >= 11 is 0. The first kappa shape index (κ1) is 15.3. The molecule has 114 valence electrons. The number of rotatable bonds is 6. The predicted molar refractivity (Wildman–Crippen MR) is 81.6 cm³/mol. The third-order valence-corrected chi connectivity index (χ3v) is 4.06. The Bertz CT molecular complexity index is 553. The van der Waals surface area contributed by atoms with E-state index in [-0.39, 0.29) is 17.0 Å². The minimum absolute atomic E-state index is 0.0540. The van der Waals surface area contributed by atoms with Crippen molar-refractivity contribution in [3.63, 3.8) is 0 Å². The molecule has 0 aliphatic heterocycles. The van der Waals surface area contributed by atoms with Gasteiger partial charge in [0.05, 0.1) is 4.92 Å². The number of anilines is 1. The number of amides is 1. The number of nitrogens with one attached hydrogen (secondary N) is 2. The van der Waals surface area contributed by atoms with E-state index in [1.54, 1.807) is 12.1 Å². The van der Waals surface area contributed by atoms with Gasteiger partial charge >= 0.3 is 0 Å². The van der Waals surface area contributed by atoms with Crippen LogP contribution in [-0.4, -0.2) is 23.9 Å². The monoisotopic (exact) mass is 291 g/mol. The van der Waals surface area contributed by atoms with Crippen LogP contribution in [-0.2, 0) is 0 Å². The summed E-state index contributed by atoms with van der Waals surface area (Å²) in [5.74, 6) is -0.293. The van der Waals surface area contributed by atoms with E-state index < -0.39 is 4.92 Å². The number of benzene rings is 1. The maximum atomic E-state index is 11.7. The Kier molecular flexibility index (Phi) is 4.45. The van der Waals surface area contributed by atoms with E-state index in [0.717, 1.165) is 12.8 Å². The number of carbonyl (C=O) groups is 1. The molecule has 1 aromatic rings. The molecule has 0 saturated heterocycles. The molecule has 6 nitrogen and oxygen atoms in total. The lowest BCUT2D eigenvalue weighted by Gasteiger charge is -2.38. The average Bonchev–Trinajstić information content (AvgIpc) is 2.43. The third kappa shape index (κ3) is 3.51. The van der Waals surface area contributed by atoms with Gasteiger partial charge in [-0.1, -0.05) is 13.3 Å². The molecule has 0 radical (unpaired) electrons. The van der Waals surface area contributed by atoms with Crippen molar-refractivity contribution in [2.24, 2.45) is 5.41 Å². The highest BCUT2D eigenvalue weighted by molar-refractivity contribution is 5.95. The molecule has 0 atom stereocenters. The average molecular weight is 291 g/mol. The van der Waals surface area contributed by atoms with Gasteiger partial charge < -0.3 is 10.6 Å². The normalized spacial score (nSPS) is 15.9. The molecule has 1 saturated carbocycles. The van der Waals surface area contributed by atoms with Crippen molar-refractivity contribution in [1.82, 2.24) is 5.32 Å². The fourth-order valence-electron chi connectivity index (χ4n) is 2.50. The van der Waals surface area contributed by atoms with Crippen molar-refractivity contribution in [2.45, 2.75) is 33.1 Å². The fraction of sp³-hybridized carbons (Fsp3) is 0.533. The minimum atomic E-state index is -0.450. The summed E-state index contributed by atoms with van der Waals surface area (Å²) in [7, 11) is 0. The Morgan fingerprint density at radius 3 is 2.67 bits per heavy atom. The van der Waals surface area contributed by atoms with Gasteiger partial charge in [-0.3, -0.25) is 14.9 Å². The van der Waals surface area contributed by atoms with Crippen LogP contribution in [0.25, 0.3) is 0 Å². The van der Waals surface area contributed by atoms with Crippen LogP contribution >= 0.6 is 0 Å². The summed E-state index contributed by atoms with van der Waals surface area (Å²) in [5, 5.41) is 17.0. The molecule has 1 amide bonds. The molecule has 0 heterocycles. The van der Waals surface area contributed by atoms with Gasteiger partial charge in [0.1, 0.15) is 5.69 Å². The zero-order valence-electron chi connectivity index (χ0n) is 12.4. The van der Waals surface area contributed by atoms with E-state index >= 15 is 0 Å². The molecule has 1 aliphatic carbocycles. The molecule has 0 aromatic heterocycles. The summed E-state index contributed by atoms with van der Waals surface area (Å²) in [6, 6.07) is 4.56. The Labute approximate surface area is 124 Å². The second kappa shape index (κ2) is 6.11. The highest BCUT2D eigenvalue weighted by atomic mass is 16.6. The van der Waals surface area contributed by atoms with E-state index in [4.69, 9.17) is 0 Å². The van der Waals surface area contributed by atoms with E-state index in [9.17, 15) is 14.9 Å². The second-order valence-corrected chi connectivity index (χ2v) is 5.87. The minimum Gasteiger partial charge on any atom is -0.379 e. The first-order valence-electron chi connectivity index (χ1n) is 7.26. The van der Waals surface area contributed by atoms with Crippen molar-refractivity contribution in [3.8, 4) is 0 Å². The van der Waals surface area contributed by atoms with Crippen LogP contribution in [0.2, 0.25) is 0 Å². The van der Waals surface area contributed by atoms with Crippen molar-refractivity contribution >= 4 is 17.3 Å². The standard InChI is InChI=1S/C15H21N3O3/c1-3-16-14(19)11-5-6-12(13(9-11)18(20)21)17-10-15(2)7-4-8-15/h5-6,9,17H,3-4,7-8,10H2,1-2H3,(H,16,19). The van der Waals surface area contributed by atoms with Crippen LogP contribution in [0.1, 0.15) is 43.5 Å². The summed E-state index contributed by atoms with van der Waals surface area (Å²) in [6.07, 6.45) is 3.51. The summed E-state index contributed by atoms with van der Waals surface area (Å²) < 4.78 is 0. The van der Waals surface area contributed by atoms with Crippen LogP contribution < -0.4 is 10.6 Å². The third-order valence-electron chi connectivity index (χ3n) is 4.06. The fourth-order valence-corrected chi connectivity index (χ4v) is 2.50. The lowest BCUT2D eigenvalue weighted by Crippen LogP contribution is -2.33. The number of hydrogen-bond donors (Lipinski definition) is 2. The topological polar surface area (TPSA) is 84.3 Å². The van der Waals surface area contributed by atoms with Gasteiger partial charge in [0.25, 0.3) is 11.6 Å². The zero-order chi connectivity index (χ0) is 15.5. The zero-order valence-corrected chi connectivity index (χ0v) is 12.4. The Morgan fingerprint density at radius 1 is 1.43 bits per heavy atom. The molecular formula is C15H21N3O3. The number of carbonyl (C=O) groups excluding carboxylic acids is 1. The second-order valence-electron chi connectivity index (χ2n) is 5.87. The Hall–Kier alpha value is -2.11. The molecule has 0 spiro atoms. The summed E-state index contributed by atoms with van der Waals surface area (Å²) in [4.78, 5) is 22.5. The Balaban J connectivity index is 2.16. The SMILES string of the molecule is CCNC(=O)c1ccc(NCC2(C)CCC2)c([N+](=O)[O-])c1. The molecule has 0 unspecified atom stereocenters. The molecule has 2 rings (SSSR count). The summed E-state index contributed by atoms with van der Waals surface area (Å²) in [5.41, 5.74) is 0.957. The number of nitro benzene ring substituents is 1. The quantitative estimate of drug-likeness (QED) is 0.623. The van der Waals surface area contributed by atoms with Gasteiger partial charge in [-0.15, -0.1) is 0 Å². The lowest BCUT2D eigenvalue weighted by atomic mass is 9.70. The van der Waals surface area contributed by atoms with Gasteiger partial charge in [0.2, 0.25) is 0 Å². The van der Waals surface area contributed by atoms with Gasteiger partial charge in [0, 0.05) is 24.7 Å². The molecule has 21 heavy (non-hydrogen) atoms. The first-order chi connectivity index (χ1) is 9.95.